The summed E-state index contributed by atoms with van der Waals surface area (Å²) in [5, 5.41) is 11.1. The summed E-state index contributed by atoms with van der Waals surface area (Å²) in [7, 11) is 0. The number of aliphatic imine (C=N–C) groups is 1. The van der Waals surface area contributed by atoms with Crippen LogP contribution in [0.2, 0.25) is 0 Å². The number of aromatic nitrogens is 3. The Morgan fingerprint density at radius 2 is 2.06 bits per heavy atom. The fraction of sp³-hybridized carbons (Fsp3) is 0.318. The van der Waals surface area contributed by atoms with E-state index in [-0.39, 0.29) is 35.8 Å². The minimum Gasteiger partial charge on any atom is -0.357 e. The quantitative estimate of drug-likeness (QED) is 0.288. The zero-order valence-corrected chi connectivity index (χ0v) is 19.7. The predicted molar refractivity (Wildman–Crippen MR) is 132 cm³/mol. The highest BCUT2D eigenvalue weighted by molar-refractivity contribution is 14.0. The lowest BCUT2D eigenvalue weighted by Gasteiger charge is -2.20. The molecule has 3 aromatic rings. The van der Waals surface area contributed by atoms with Gasteiger partial charge in [-0.25, -0.2) is 19.0 Å². The standard InChI is InChI=1S/C22H26FN7.HI/c1-2-24-22(26-15-17-7-3-4-9-20(17)30-13-6-12-27-30)28-18-10-14-29(16-18)21-19(23)8-5-11-25-21;/h3-9,11-13,18H,2,10,14-16H2,1H3,(H2,24,26,28);1H. The number of benzene rings is 1. The van der Waals surface area contributed by atoms with Gasteiger partial charge in [0.15, 0.2) is 17.6 Å². The summed E-state index contributed by atoms with van der Waals surface area (Å²) >= 11 is 0. The van der Waals surface area contributed by atoms with Crippen LogP contribution in [0.5, 0.6) is 0 Å². The van der Waals surface area contributed by atoms with Crippen molar-refractivity contribution in [1.29, 1.82) is 0 Å². The van der Waals surface area contributed by atoms with Gasteiger partial charge in [-0.2, -0.15) is 5.10 Å². The maximum absolute atomic E-state index is 14.0. The molecule has 1 saturated heterocycles. The fourth-order valence-corrected chi connectivity index (χ4v) is 3.64. The summed E-state index contributed by atoms with van der Waals surface area (Å²) in [6, 6.07) is 13.2. The molecule has 4 rings (SSSR count). The Hall–Kier alpha value is -2.69. The van der Waals surface area contributed by atoms with Crippen LogP contribution in [0.1, 0.15) is 18.9 Å². The lowest BCUT2D eigenvalue weighted by atomic mass is 10.2. The van der Waals surface area contributed by atoms with Crippen LogP contribution in [0.25, 0.3) is 5.69 Å². The van der Waals surface area contributed by atoms with Gasteiger partial charge in [-0.15, -0.1) is 24.0 Å². The molecule has 7 nitrogen and oxygen atoms in total. The average molecular weight is 535 g/mol. The molecule has 0 amide bonds. The highest BCUT2D eigenvalue weighted by atomic mass is 127. The van der Waals surface area contributed by atoms with E-state index in [9.17, 15) is 4.39 Å². The number of guanidine groups is 1. The molecule has 31 heavy (non-hydrogen) atoms. The van der Waals surface area contributed by atoms with Crippen molar-refractivity contribution in [3.8, 4) is 5.69 Å². The molecular formula is C22H27FIN7. The first kappa shape index (κ1) is 23.0. The minimum absolute atomic E-state index is 0. The van der Waals surface area contributed by atoms with Crippen LogP contribution in [0, 0.1) is 5.82 Å². The largest absolute Gasteiger partial charge is 0.357 e. The number of hydrogen-bond acceptors (Lipinski definition) is 4. The van der Waals surface area contributed by atoms with Crippen molar-refractivity contribution < 1.29 is 4.39 Å². The molecule has 0 bridgehead atoms. The van der Waals surface area contributed by atoms with Gasteiger partial charge in [-0.1, -0.05) is 18.2 Å². The van der Waals surface area contributed by atoms with Crippen LogP contribution in [0.15, 0.2) is 66.0 Å². The normalized spacial score (nSPS) is 16.1. The Bertz CT molecular complexity index is 993. The summed E-state index contributed by atoms with van der Waals surface area (Å²) in [6.45, 7) is 4.77. The Labute approximate surface area is 198 Å². The van der Waals surface area contributed by atoms with Crippen LogP contribution >= 0.6 is 24.0 Å². The summed E-state index contributed by atoms with van der Waals surface area (Å²) in [6.07, 6.45) is 6.21. The molecular weight excluding hydrogens is 508 g/mol. The van der Waals surface area contributed by atoms with E-state index in [2.05, 4.69) is 26.8 Å². The average Bonchev–Trinajstić information content (AvgIpc) is 3.45. The second-order valence-electron chi connectivity index (χ2n) is 7.16. The first-order valence-electron chi connectivity index (χ1n) is 10.2. The third kappa shape index (κ3) is 5.72. The number of halogens is 2. The second-order valence-corrected chi connectivity index (χ2v) is 7.16. The zero-order valence-electron chi connectivity index (χ0n) is 17.4. The number of hydrogen-bond donors (Lipinski definition) is 2. The van der Waals surface area contributed by atoms with Crippen molar-refractivity contribution in [3.05, 3.63) is 72.4 Å². The minimum atomic E-state index is -0.283. The van der Waals surface area contributed by atoms with Gasteiger partial charge in [0, 0.05) is 44.3 Å². The number of pyridine rings is 1. The fourth-order valence-electron chi connectivity index (χ4n) is 3.64. The molecule has 2 N–H and O–H groups in total. The van der Waals surface area contributed by atoms with Gasteiger partial charge in [-0.05, 0) is 43.2 Å². The van der Waals surface area contributed by atoms with E-state index in [1.807, 2.05) is 47.0 Å². The van der Waals surface area contributed by atoms with Gasteiger partial charge in [-0.3, -0.25) is 0 Å². The highest BCUT2D eigenvalue weighted by Gasteiger charge is 2.25. The molecule has 0 saturated carbocycles. The Balaban J connectivity index is 0.00000272. The molecule has 1 fully saturated rings. The van der Waals surface area contributed by atoms with E-state index in [4.69, 9.17) is 4.99 Å². The van der Waals surface area contributed by atoms with Crippen LogP contribution < -0.4 is 15.5 Å². The Morgan fingerprint density at radius 3 is 2.84 bits per heavy atom. The molecule has 0 spiro atoms. The number of nitrogens with one attached hydrogen (secondary N) is 2. The monoisotopic (exact) mass is 535 g/mol. The van der Waals surface area contributed by atoms with Gasteiger partial charge in [0.05, 0.1) is 12.2 Å². The van der Waals surface area contributed by atoms with Gasteiger partial charge in [0.2, 0.25) is 0 Å². The maximum Gasteiger partial charge on any atom is 0.191 e. The van der Waals surface area contributed by atoms with E-state index in [1.165, 1.54) is 6.07 Å². The van der Waals surface area contributed by atoms with Crippen molar-refractivity contribution >= 4 is 35.8 Å². The van der Waals surface area contributed by atoms with Crippen molar-refractivity contribution in [3.63, 3.8) is 0 Å². The first-order valence-corrected chi connectivity index (χ1v) is 10.2. The summed E-state index contributed by atoms with van der Waals surface area (Å²) in [5.41, 5.74) is 2.10. The highest BCUT2D eigenvalue weighted by Crippen LogP contribution is 2.21. The molecule has 1 aromatic carbocycles. The van der Waals surface area contributed by atoms with Crippen molar-refractivity contribution in [2.75, 3.05) is 24.5 Å². The smallest absolute Gasteiger partial charge is 0.191 e. The molecule has 1 aliphatic heterocycles. The number of nitrogens with zero attached hydrogens (tertiary/aromatic N) is 5. The summed E-state index contributed by atoms with van der Waals surface area (Å²) in [5.74, 6) is 0.881. The third-order valence-electron chi connectivity index (χ3n) is 5.06. The summed E-state index contributed by atoms with van der Waals surface area (Å²) < 4.78 is 15.9. The molecule has 3 heterocycles. The molecule has 164 valence electrons. The van der Waals surface area contributed by atoms with Crippen molar-refractivity contribution in [2.45, 2.75) is 25.9 Å². The molecule has 1 atom stereocenters. The van der Waals surface area contributed by atoms with Gasteiger partial charge >= 0.3 is 0 Å². The van der Waals surface area contributed by atoms with E-state index < -0.39 is 0 Å². The number of para-hydroxylation sites is 1. The number of rotatable bonds is 6. The topological polar surface area (TPSA) is 70.4 Å². The van der Waals surface area contributed by atoms with Crippen LogP contribution in [0.3, 0.4) is 0 Å². The second kappa shape index (κ2) is 11.1. The zero-order chi connectivity index (χ0) is 20.8. The van der Waals surface area contributed by atoms with E-state index in [0.29, 0.717) is 18.9 Å². The van der Waals surface area contributed by atoms with Gasteiger partial charge in [0.1, 0.15) is 0 Å². The lowest BCUT2D eigenvalue weighted by molar-refractivity contribution is 0.612. The lowest BCUT2D eigenvalue weighted by Crippen LogP contribution is -2.44. The SMILES string of the molecule is CCNC(=NCc1ccccc1-n1cccn1)NC1CCN(c2ncccc2F)C1.I. The van der Waals surface area contributed by atoms with E-state index >= 15 is 0 Å². The summed E-state index contributed by atoms with van der Waals surface area (Å²) in [4.78, 5) is 10.9. The molecule has 1 aliphatic rings. The van der Waals surface area contributed by atoms with Gasteiger partial charge < -0.3 is 15.5 Å². The van der Waals surface area contributed by atoms with Crippen LogP contribution in [-0.4, -0.2) is 46.4 Å². The third-order valence-corrected chi connectivity index (χ3v) is 5.06. The number of anilines is 1. The maximum atomic E-state index is 14.0. The van der Waals surface area contributed by atoms with Crippen LogP contribution in [0.4, 0.5) is 10.2 Å². The van der Waals surface area contributed by atoms with Crippen LogP contribution in [-0.2, 0) is 6.54 Å². The van der Waals surface area contributed by atoms with E-state index in [0.717, 1.165) is 36.7 Å². The van der Waals surface area contributed by atoms with Crippen molar-refractivity contribution in [1.82, 2.24) is 25.4 Å². The molecule has 0 radical (unpaired) electrons. The molecule has 2 aromatic heterocycles. The predicted octanol–water partition coefficient (Wildman–Crippen LogP) is 3.36. The first-order chi connectivity index (χ1) is 14.7. The Kier molecular flexibility index (Phi) is 8.21. The van der Waals surface area contributed by atoms with Crippen molar-refractivity contribution in [2.24, 2.45) is 4.99 Å². The molecule has 1 unspecified atom stereocenters. The van der Waals surface area contributed by atoms with E-state index in [1.54, 1.807) is 18.5 Å². The Morgan fingerprint density at radius 1 is 1.19 bits per heavy atom. The van der Waals surface area contributed by atoms with Gasteiger partial charge in [0.25, 0.3) is 0 Å². The molecule has 9 heteroatoms. The molecule has 0 aliphatic carbocycles.